The zero-order chi connectivity index (χ0) is 20.8. The third kappa shape index (κ3) is 3.02. The fraction of sp³-hybridized carbons (Fsp3) is 0.364. The van der Waals surface area contributed by atoms with E-state index in [-0.39, 0.29) is 17.9 Å². The molecule has 0 spiro atoms. The smallest absolute Gasteiger partial charge is 0.225 e. The fourth-order valence-electron chi connectivity index (χ4n) is 4.14. The molecule has 8 heteroatoms. The van der Waals surface area contributed by atoms with E-state index in [1.165, 1.54) is 0 Å². The van der Waals surface area contributed by atoms with Gasteiger partial charge in [0.25, 0.3) is 0 Å². The van der Waals surface area contributed by atoms with Gasteiger partial charge in [0.2, 0.25) is 11.9 Å². The van der Waals surface area contributed by atoms with E-state index < -0.39 is 0 Å². The highest BCUT2D eigenvalue weighted by Crippen LogP contribution is 2.31. The van der Waals surface area contributed by atoms with Gasteiger partial charge in [0.15, 0.2) is 11.5 Å². The minimum Gasteiger partial charge on any atom is -0.338 e. The molecule has 1 aliphatic rings. The van der Waals surface area contributed by atoms with Crippen molar-refractivity contribution in [1.82, 2.24) is 24.5 Å². The predicted molar refractivity (Wildman–Crippen MR) is 120 cm³/mol. The highest BCUT2D eigenvalue weighted by molar-refractivity contribution is 7.13. The van der Waals surface area contributed by atoms with Gasteiger partial charge in [-0.25, -0.2) is 9.38 Å². The normalized spacial score (nSPS) is 17.4. The lowest BCUT2D eigenvalue weighted by Crippen LogP contribution is -2.55. The maximum absolute atomic E-state index is 12.6. The Kier molecular flexibility index (Phi) is 4.66. The Bertz CT molecular complexity index is 1220. The third-order valence-electron chi connectivity index (χ3n) is 5.66. The van der Waals surface area contributed by atoms with Crippen LogP contribution in [0.15, 0.2) is 41.8 Å². The summed E-state index contributed by atoms with van der Waals surface area (Å²) >= 11 is 1.64. The standard InChI is InChI=1S/C22H24N6OS/c1-14(2)21(29)27-11-10-26(13-15(27)3)22-23-17-8-5-4-7-16(17)19-24-25-20(28(19)22)18-9-6-12-30-18/h4-9,12,14-15H,10-11,13H2,1-3H3. The summed E-state index contributed by atoms with van der Waals surface area (Å²) in [4.78, 5) is 22.9. The summed E-state index contributed by atoms with van der Waals surface area (Å²) < 4.78 is 2.07. The number of thiophene rings is 1. The van der Waals surface area contributed by atoms with Crippen molar-refractivity contribution in [3.8, 4) is 10.7 Å². The number of anilines is 1. The maximum atomic E-state index is 12.6. The lowest BCUT2D eigenvalue weighted by molar-refractivity contribution is -0.136. The second kappa shape index (κ2) is 7.36. The van der Waals surface area contributed by atoms with Gasteiger partial charge >= 0.3 is 0 Å². The summed E-state index contributed by atoms with van der Waals surface area (Å²) in [6.07, 6.45) is 0. The summed E-state index contributed by atoms with van der Waals surface area (Å²) in [5, 5.41) is 12.1. The molecule has 0 saturated carbocycles. The molecule has 1 aromatic carbocycles. The van der Waals surface area contributed by atoms with Gasteiger partial charge in [-0.15, -0.1) is 21.5 Å². The van der Waals surface area contributed by atoms with Gasteiger partial charge < -0.3 is 9.80 Å². The van der Waals surface area contributed by atoms with Crippen molar-refractivity contribution in [2.75, 3.05) is 24.5 Å². The van der Waals surface area contributed by atoms with Gasteiger partial charge in [0.05, 0.1) is 10.4 Å². The van der Waals surface area contributed by atoms with Crippen LogP contribution >= 0.6 is 11.3 Å². The number of hydrogen-bond donors (Lipinski definition) is 0. The number of rotatable bonds is 3. The Hall–Kier alpha value is -3.00. The number of amides is 1. The number of piperazine rings is 1. The number of benzene rings is 1. The van der Waals surface area contributed by atoms with E-state index in [0.29, 0.717) is 6.54 Å². The first-order chi connectivity index (χ1) is 14.5. The van der Waals surface area contributed by atoms with Crippen LogP contribution in [0, 0.1) is 5.92 Å². The van der Waals surface area contributed by atoms with Crippen molar-refractivity contribution in [3.63, 3.8) is 0 Å². The lowest BCUT2D eigenvalue weighted by atomic mass is 10.1. The molecule has 0 bridgehead atoms. The molecular formula is C22H24N6OS. The van der Waals surface area contributed by atoms with Gasteiger partial charge in [0.1, 0.15) is 0 Å². The fourth-order valence-corrected chi connectivity index (χ4v) is 4.84. The zero-order valence-corrected chi connectivity index (χ0v) is 18.1. The molecule has 0 radical (unpaired) electrons. The minimum absolute atomic E-state index is 0.00720. The first-order valence-corrected chi connectivity index (χ1v) is 11.2. The molecule has 7 nitrogen and oxygen atoms in total. The van der Waals surface area contributed by atoms with E-state index in [0.717, 1.165) is 46.3 Å². The molecule has 1 aliphatic heterocycles. The minimum atomic E-state index is 0.00720. The number of fused-ring (bicyclic) bond motifs is 3. The molecule has 1 amide bonds. The molecule has 154 valence electrons. The van der Waals surface area contributed by atoms with Crippen LogP contribution in [0.1, 0.15) is 20.8 Å². The average molecular weight is 421 g/mol. The number of hydrogen-bond acceptors (Lipinski definition) is 6. The number of aromatic nitrogens is 4. The van der Waals surface area contributed by atoms with Crippen LogP contribution < -0.4 is 4.90 Å². The average Bonchev–Trinajstić information content (AvgIpc) is 3.42. The SMILES string of the molecule is CC(C)C(=O)N1CCN(c2nc3ccccc3c3nnc(-c4cccs4)n23)CC1C. The molecule has 5 rings (SSSR count). The molecule has 0 aliphatic carbocycles. The van der Waals surface area contributed by atoms with Gasteiger partial charge in [-0.05, 0) is 30.5 Å². The van der Waals surface area contributed by atoms with Crippen LogP contribution in [0.25, 0.3) is 27.3 Å². The first-order valence-electron chi connectivity index (χ1n) is 10.3. The highest BCUT2D eigenvalue weighted by atomic mass is 32.1. The molecule has 0 N–H and O–H groups in total. The number of carbonyl (C=O) groups excluding carboxylic acids is 1. The molecule has 1 atom stereocenters. The van der Waals surface area contributed by atoms with Crippen LogP contribution in [0.4, 0.5) is 5.95 Å². The Balaban J connectivity index is 1.63. The molecule has 1 fully saturated rings. The van der Waals surface area contributed by atoms with Crippen molar-refractivity contribution in [2.24, 2.45) is 5.92 Å². The van der Waals surface area contributed by atoms with E-state index in [4.69, 9.17) is 4.98 Å². The molecule has 4 aromatic rings. The van der Waals surface area contributed by atoms with Gasteiger partial charge in [-0.1, -0.05) is 32.0 Å². The van der Waals surface area contributed by atoms with Crippen LogP contribution in [-0.4, -0.2) is 56.1 Å². The van der Waals surface area contributed by atoms with Crippen molar-refractivity contribution in [3.05, 3.63) is 41.8 Å². The van der Waals surface area contributed by atoms with Crippen molar-refractivity contribution >= 4 is 39.7 Å². The van der Waals surface area contributed by atoms with Gasteiger partial charge in [0, 0.05) is 37.0 Å². The van der Waals surface area contributed by atoms with Gasteiger partial charge in [-0.2, -0.15) is 0 Å². The predicted octanol–water partition coefficient (Wildman–Crippen LogP) is 3.70. The van der Waals surface area contributed by atoms with Crippen molar-refractivity contribution < 1.29 is 4.79 Å². The second-order valence-electron chi connectivity index (χ2n) is 8.07. The maximum Gasteiger partial charge on any atom is 0.225 e. The topological polar surface area (TPSA) is 66.6 Å². The quantitative estimate of drug-likeness (QED) is 0.506. The van der Waals surface area contributed by atoms with Crippen LogP contribution in [0.2, 0.25) is 0 Å². The summed E-state index contributed by atoms with van der Waals surface area (Å²) in [6.45, 7) is 8.16. The summed E-state index contributed by atoms with van der Waals surface area (Å²) in [5.41, 5.74) is 1.71. The highest BCUT2D eigenvalue weighted by Gasteiger charge is 2.31. The molecule has 3 aromatic heterocycles. The second-order valence-corrected chi connectivity index (χ2v) is 9.02. The van der Waals surface area contributed by atoms with E-state index in [9.17, 15) is 4.79 Å². The lowest BCUT2D eigenvalue weighted by Gasteiger charge is -2.41. The first kappa shape index (κ1) is 19.0. The Morgan fingerprint density at radius 1 is 1.13 bits per heavy atom. The van der Waals surface area contributed by atoms with Crippen LogP contribution in [-0.2, 0) is 4.79 Å². The van der Waals surface area contributed by atoms with Crippen molar-refractivity contribution in [2.45, 2.75) is 26.8 Å². The molecule has 1 unspecified atom stereocenters. The third-order valence-corrected chi connectivity index (χ3v) is 6.52. The Morgan fingerprint density at radius 2 is 1.97 bits per heavy atom. The van der Waals surface area contributed by atoms with Crippen LogP contribution in [0.3, 0.4) is 0 Å². The zero-order valence-electron chi connectivity index (χ0n) is 17.3. The summed E-state index contributed by atoms with van der Waals surface area (Å²) in [6, 6.07) is 12.2. The molecule has 4 heterocycles. The number of nitrogens with zero attached hydrogens (tertiary/aromatic N) is 6. The Morgan fingerprint density at radius 3 is 2.70 bits per heavy atom. The summed E-state index contributed by atoms with van der Waals surface area (Å²) in [7, 11) is 0. The Labute approximate surface area is 179 Å². The monoisotopic (exact) mass is 420 g/mol. The largest absolute Gasteiger partial charge is 0.338 e. The number of para-hydroxylation sites is 1. The van der Waals surface area contributed by atoms with E-state index in [1.54, 1.807) is 11.3 Å². The van der Waals surface area contributed by atoms with E-state index in [1.807, 2.05) is 54.5 Å². The van der Waals surface area contributed by atoms with Gasteiger partial charge in [-0.3, -0.25) is 4.79 Å². The van der Waals surface area contributed by atoms with Crippen molar-refractivity contribution in [1.29, 1.82) is 0 Å². The van der Waals surface area contributed by atoms with Crippen LogP contribution in [0.5, 0.6) is 0 Å². The molecule has 30 heavy (non-hydrogen) atoms. The molecule has 1 saturated heterocycles. The summed E-state index contributed by atoms with van der Waals surface area (Å²) in [5.74, 6) is 1.86. The molecular weight excluding hydrogens is 396 g/mol. The van der Waals surface area contributed by atoms with E-state index in [2.05, 4.69) is 32.5 Å². The number of carbonyl (C=O) groups is 1. The van der Waals surface area contributed by atoms with E-state index >= 15 is 0 Å².